The highest BCUT2D eigenvalue weighted by Gasteiger charge is 1.98. The summed E-state index contributed by atoms with van der Waals surface area (Å²) < 4.78 is 4.73. The molecule has 3 heteroatoms. The Balaban J connectivity index is 2.35. The molecule has 0 aromatic heterocycles. The molecule has 3 nitrogen and oxygen atoms in total. The Morgan fingerprint density at radius 1 is 1.25 bits per heavy atom. The third-order valence-electron chi connectivity index (χ3n) is 1.92. The molecule has 1 aromatic carbocycles. The zero-order valence-electron chi connectivity index (χ0n) is 9.18. The molecule has 0 amide bonds. The number of benzene rings is 1. The number of ether oxygens (including phenoxy) is 1. The van der Waals surface area contributed by atoms with Crippen molar-refractivity contribution in [1.29, 1.82) is 0 Å². The van der Waals surface area contributed by atoms with Crippen LogP contribution in [0.15, 0.2) is 42.5 Å². The van der Waals surface area contributed by atoms with Gasteiger partial charge in [0.25, 0.3) is 0 Å². The highest BCUT2D eigenvalue weighted by Crippen LogP contribution is 2.01. The van der Waals surface area contributed by atoms with E-state index in [9.17, 15) is 9.59 Å². The maximum atomic E-state index is 11.5. The van der Waals surface area contributed by atoms with Crippen molar-refractivity contribution in [3.63, 3.8) is 0 Å². The van der Waals surface area contributed by atoms with Crippen molar-refractivity contribution in [1.82, 2.24) is 0 Å². The number of carbonyl (C=O) groups excluding carboxylic acids is 2. The molecule has 0 atom stereocenters. The number of ketones is 1. The van der Waals surface area contributed by atoms with Crippen LogP contribution in [0.1, 0.15) is 23.7 Å². The number of allylic oxidation sites excluding steroid dienone is 1. The smallest absolute Gasteiger partial charge is 0.302 e. The first-order valence-corrected chi connectivity index (χ1v) is 5.09. The predicted octanol–water partition coefficient (Wildman–Crippen LogP) is 2.38. The Morgan fingerprint density at radius 2 is 1.94 bits per heavy atom. The highest BCUT2D eigenvalue weighted by atomic mass is 16.5. The third kappa shape index (κ3) is 4.55. The van der Waals surface area contributed by atoms with Crippen LogP contribution in [0.4, 0.5) is 0 Å². The Kier molecular flexibility index (Phi) is 4.99. The summed E-state index contributed by atoms with van der Waals surface area (Å²) in [4.78, 5) is 22.0. The van der Waals surface area contributed by atoms with Crippen molar-refractivity contribution in [2.45, 2.75) is 13.3 Å². The average Bonchev–Trinajstić information content (AvgIpc) is 2.29. The number of hydrogen-bond donors (Lipinski definition) is 0. The van der Waals surface area contributed by atoms with Gasteiger partial charge in [0, 0.05) is 12.5 Å². The van der Waals surface area contributed by atoms with E-state index in [1.165, 1.54) is 13.0 Å². The van der Waals surface area contributed by atoms with E-state index in [4.69, 9.17) is 4.74 Å². The fraction of sp³-hybridized carbons (Fsp3) is 0.231. The van der Waals surface area contributed by atoms with Gasteiger partial charge in [-0.1, -0.05) is 36.4 Å². The summed E-state index contributed by atoms with van der Waals surface area (Å²) in [7, 11) is 0. The van der Waals surface area contributed by atoms with Gasteiger partial charge in [-0.3, -0.25) is 9.59 Å². The average molecular weight is 218 g/mol. The van der Waals surface area contributed by atoms with E-state index in [0.717, 1.165) is 0 Å². The number of rotatable bonds is 5. The third-order valence-corrected chi connectivity index (χ3v) is 1.92. The molecular weight excluding hydrogens is 204 g/mol. The highest BCUT2D eigenvalue weighted by molar-refractivity contribution is 6.04. The van der Waals surface area contributed by atoms with Crippen molar-refractivity contribution in [3.05, 3.63) is 48.0 Å². The molecule has 0 bridgehead atoms. The van der Waals surface area contributed by atoms with Gasteiger partial charge in [-0.05, 0) is 12.5 Å². The zero-order valence-corrected chi connectivity index (χ0v) is 9.18. The van der Waals surface area contributed by atoms with E-state index in [1.54, 1.807) is 18.2 Å². The molecule has 0 radical (unpaired) electrons. The second kappa shape index (κ2) is 6.56. The van der Waals surface area contributed by atoms with Crippen LogP contribution in [-0.2, 0) is 9.53 Å². The molecule has 1 aromatic rings. The van der Waals surface area contributed by atoms with E-state index in [0.29, 0.717) is 18.6 Å². The minimum absolute atomic E-state index is 0.0385. The van der Waals surface area contributed by atoms with Crippen LogP contribution in [0.25, 0.3) is 0 Å². The van der Waals surface area contributed by atoms with Gasteiger partial charge < -0.3 is 4.74 Å². The minimum Gasteiger partial charge on any atom is -0.466 e. The lowest BCUT2D eigenvalue weighted by atomic mass is 10.1. The maximum Gasteiger partial charge on any atom is 0.302 e. The lowest BCUT2D eigenvalue weighted by Crippen LogP contribution is -1.99. The maximum absolute atomic E-state index is 11.5. The summed E-state index contributed by atoms with van der Waals surface area (Å²) in [5.41, 5.74) is 0.659. The summed E-state index contributed by atoms with van der Waals surface area (Å²) in [6.07, 6.45) is 3.76. The van der Waals surface area contributed by atoms with E-state index in [1.807, 2.05) is 18.2 Å². The second-order valence-corrected chi connectivity index (χ2v) is 3.26. The van der Waals surface area contributed by atoms with Gasteiger partial charge in [0.15, 0.2) is 5.78 Å². The van der Waals surface area contributed by atoms with Gasteiger partial charge in [-0.25, -0.2) is 0 Å². The first-order valence-electron chi connectivity index (χ1n) is 5.09. The SMILES string of the molecule is CC(=O)OCC/C=C/C(=O)c1ccccc1. The Hall–Kier alpha value is -1.90. The first kappa shape index (κ1) is 12.2. The van der Waals surface area contributed by atoms with Gasteiger partial charge in [0.05, 0.1) is 6.61 Å². The Bertz CT molecular complexity index is 379. The Labute approximate surface area is 94.7 Å². The molecule has 0 saturated heterocycles. The summed E-state index contributed by atoms with van der Waals surface area (Å²) in [6.45, 7) is 1.67. The summed E-state index contributed by atoms with van der Waals surface area (Å²) in [6, 6.07) is 9.03. The second-order valence-electron chi connectivity index (χ2n) is 3.26. The summed E-state index contributed by atoms with van der Waals surface area (Å²) in [5, 5.41) is 0. The minimum atomic E-state index is -0.303. The quantitative estimate of drug-likeness (QED) is 0.330. The van der Waals surface area contributed by atoms with Gasteiger partial charge in [0.2, 0.25) is 0 Å². The van der Waals surface area contributed by atoms with E-state index in [2.05, 4.69) is 0 Å². The van der Waals surface area contributed by atoms with E-state index in [-0.39, 0.29) is 11.8 Å². The molecule has 84 valence electrons. The standard InChI is InChI=1S/C13H14O3/c1-11(14)16-10-6-5-9-13(15)12-7-3-2-4-8-12/h2-5,7-9H,6,10H2,1H3/b9-5+. The molecule has 0 saturated carbocycles. The summed E-state index contributed by atoms with van der Waals surface area (Å²) >= 11 is 0. The molecule has 0 heterocycles. The summed E-state index contributed by atoms with van der Waals surface area (Å²) in [5.74, 6) is -0.341. The van der Waals surface area contributed by atoms with Crippen molar-refractivity contribution in [2.75, 3.05) is 6.61 Å². The fourth-order valence-corrected chi connectivity index (χ4v) is 1.16. The van der Waals surface area contributed by atoms with Gasteiger partial charge >= 0.3 is 5.97 Å². The van der Waals surface area contributed by atoms with Crippen LogP contribution in [0.2, 0.25) is 0 Å². The van der Waals surface area contributed by atoms with Crippen LogP contribution in [-0.4, -0.2) is 18.4 Å². The van der Waals surface area contributed by atoms with Crippen LogP contribution in [0.3, 0.4) is 0 Å². The van der Waals surface area contributed by atoms with E-state index < -0.39 is 0 Å². The molecule has 0 aliphatic rings. The lowest BCUT2D eigenvalue weighted by molar-refractivity contribution is -0.140. The largest absolute Gasteiger partial charge is 0.466 e. The first-order chi connectivity index (χ1) is 7.70. The van der Waals surface area contributed by atoms with Crippen molar-refractivity contribution in [2.24, 2.45) is 0 Å². The zero-order chi connectivity index (χ0) is 11.8. The van der Waals surface area contributed by atoms with Crippen molar-refractivity contribution < 1.29 is 14.3 Å². The predicted molar refractivity (Wildman–Crippen MR) is 61.2 cm³/mol. The van der Waals surface area contributed by atoms with Gasteiger partial charge in [-0.2, -0.15) is 0 Å². The number of carbonyl (C=O) groups is 2. The molecule has 1 rings (SSSR count). The van der Waals surface area contributed by atoms with Crippen LogP contribution >= 0.6 is 0 Å². The monoisotopic (exact) mass is 218 g/mol. The normalized spacial score (nSPS) is 10.3. The van der Waals surface area contributed by atoms with E-state index >= 15 is 0 Å². The van der Waals surface area contributed by atoms with Crippen LogP contribution in [0, 0.1) is 0 Å². The molecule has 0 N–H and O–H groups in total. The number of hydrogen-bond acceptors (Lipinski definition) is 3. The van der Waals surface area contributed by atoms with Crippen molar-refractivity contribution in [3.8, 4) is 0 Å². The Morgan fingerprint density at radius 3 is 2.56 bits per heavy atom. The molecule has 0 aliphatic heterocycles. The molecule has 0 aliphatic carbocycles. The van der Waals surface area contributed by atoms with Crippen molar-refractivity contribution >= 4 is 11.8 Å². The lowest BCUT2D eigenvalue weighted by Gasteiger charge is -1.97. The molecule has 0 unspecified atom stereocenters. The molecular formula is C13H14O3. The topological polar surface area (TPSA) is 43.4 Å². The molecule has 16 heavy (non-hydrogen) atoms. The van der Waals surface area contributed by atoms with Crippen LogP contribution < -0.4 is 0 Å². The fourth-order valence-electron chi connectivity index (χ4n) is 1.16. The number of esters is 1. The molecule has 0 spiro atoms. The van der Waals surface area contributed by atoms with Crippen LogP contribution in [0.5, 0.6) is 0 Å². The van der Waals surface area contributed by atoms with Gasteiger partial charge in [0.1, 0.15) is 0 Å². The van der Waals surface area contributed by atoms with Gasteiger partial charge in [-0.15, -0.1) is 0 Å². The molecule has 0 fully saturated rings.